The number of aryl methyl sites for hydroxylation is 1. The summed E-state index contributed by atoms with van der Waals surface area (Å²) in [6, 6.07) is 6.00. The number of benzene rings is 1. The van der Waals surface area contributed by atoms with Gasteiger partial charge in [-0.3, -0.25) is 4.68 Å². The van der Waals surface area contributed by atoms with Gasteiger partial charge in [-0.2, -0.15) is 5.10 Å². The number of hydrogen-bond donors (Lipinski definition) is 1. The lowest BCUT2D eigenvalue weighted by molar-refractivity contribution is 0.654. The summed E-state index contributed by atoms with van der Waals surface area (Å²) < 4.78 is 2.03. The largest absolute Gasteiger partial charge is 0.399 e. The second kappa shape index (κ2) is 3.57. The van der Waals surface area contributed by atoms with Crippen LogP contribution in [-0.4, -0.2) is 9.78 Å². The molecule has 3 heteroatoms. The monoisotopic (exact) mass is 203 g/mol. The normalized spacial score (nSPS) is 11.5. The SMILES string of the molecule is CCn1nc(C(C)C)c2cc(N)ccc21. The predicted octanol–water partition coefficient (Wildman–Crippen LogP) is 2.76. The molecule has 0 bridgehead atoms. The van der Waals surface area contributed by atoms with Crippen molar-refractivity contribution in [3.05, 3.63) is 23.9 Å². The lowest BCUT2D eigenvalue weighted by Gasteiger charge is -2.00. The van der Waals surface area contributed by atoms with E-state index in [0.717, 1.165) is 17.9 Å². The molecule has 0 aliphatic carbocycles. The van der Waals surface area contributed by atoms with E-state index < -0.39 is 0 Å². The number of nitrogen functional groups attached to an aromatic ring is 1. The van der Waals surface area contributed by atoms with Crippen molar-refractivity contribution in [2.75, 3.05) is 5.73 Å². The zero-order chi connectivity index (χ0) is 11.0. The summed E-state index contributed by atoms with van der Waals surface area (Å²) in [5.74, 6) is 0.432. The highest BCUT2D eigenvalue weighted by Gasteiger charge is 2.12. The van der Waals surface area contributed by atoms with Gasteiger partial charge in [-0.15, -0.1) is 0 Å². The summed E-state index contributed by atoms with van der Waals surface area (Å²) >= 11 is 0. The Morgan fingerprint density at radius 1 is 1.40 bits per heavy atom. The van der Waals surface area contributed by atoms with Gasteiger partial charge in [0.1, 0.15) is 0 Å². The lowest BCUT2D eigenvalue weighted by atomic mass is 10.1. The third-order valence-corrected chi connectivity index (χ3v) is 2.65. The molecule has 0 saturated carbocycles. The lowest BCUT2D eigenvalue weighted by Crippen LogP contribution is -1.97. The van der Waals surface area contributed by atoms with Gasteiger partial charge in [0.2, 0.25) is 0 Å². The standard InChI is InChI=1S/C12H17N3/c1-4-15-11-6-5-9(13)7-10(11)12(14-15)8(2)3/h5-8H,4,13H2,1-3H3. The van der Waals surface area contributed by atoms with E-state index >= 15 is 0 Å². The molecule has 0 spiro atoms. The van der Waals surface area contributed by atoms with E-state index in [0.29, 0.717) is 5.92 Å². The van der Waals surface area contributed by atoms with Crippen molar-refractivity contribution < 1.29 is 0 Å². The van der Waals surface area contributed by atoms with Crippen LogP contribution in [0.4, 0.5) is 5.69 Å². The Hall–Kier alpha value is -1.51. The second-order valence-electron chi connectivity index (χ2n) is 4.13. The van der Waals surface area contributed by atoms with Gasteiger partial charge in [-0.05, 0) is 31.0 Å². The molecule has 0 atom stereocenters. The Labute approximate surface area is 89.9 Å². The molecule has 0 fully saturated rings. The predicted molar refractivity (Wildman–Crippen MR) is 63.9 cm³/mol. The first-order chi connectivity index (χ1) is 7.13. The number of anilines is 1. The van der Waals surface area contributed by atoms with Gasteiger partial charge in [0.15, 0.2) is 0 Å². The van der Waals surface area contributed by atoms with Crippen LogP contribution in [0.3, 0.4) is 0 Å². The fourth-order valence-electron chi connectivity index (χ4n) is 1.89. The number of nitrogens with two attached hydrogens (primary N) is 1. The van der Waals surface area contributed by atoms with Crippen LogP contribution in [0.1, 0.15) is 32.4 Å². The topological polar surface area (TPSA) is 43.8 Å². The van der Waals surface area contributed by atoms with Gasteiger partial charge in [-0.25, -0.2) is 0 Å². The minimum absolute atomic E-state index is 0.432. The van der Waals surface area contributed by atoms with E-state index in [1.807, 2.05) is 22.9 Å². The van der Waals surface area contributed by atoms with Gasteiger partial charge in [0.05, 0.1) is 11.2 Å². The van der Waals surface area contributed by atoms with Crippen LogP contribution in [0, 0.1) is 0 Å². The molecule has 0 aliphatic rings. The smallest absolute Gasteiger partial charge is 0.0729 e. The van der Waals surface area contributed by atoms with Crippen LogP contribution in [-0.2, 0) is 6.54 Å². The molecule has 1 aromatic carbocycles. The molecule has 2 N–H and O–H groups in total. The molecular formula is C12H17N3. The zero-order valence-electron chi connectivity index (χ0n) is 9.49. The molecule has 3 nitrogen and oxygen atoms in total. The minimum Gasteiger partial charge on any atom is -0.399 e. The molecular weight excluding hydrogens is 186 g/mol. The Morgan fingerprint density at radius 2 is 2.13 bits per heavy atom. The van der Waals surface area contributed by atoms with Gasteiger partial charge in [-0.1, -0.05) is 13.8 Å². The van der Waals surface area contributed by atoms with Crippen molar-refractivity contribution in [1.82, 2.24) is 9.78 Å². The zero-order valence-corrected chi connectivity index (χ0v) is 9.49. The van der Waals surface area contributed by atoms with Crippen LogP contribution in [0.5, 0.6) is 0 Å². The van der Waals surface area contributed by atoms with E-state index in [4.69, 9.17) is 5.73 Å². The summed E-state index contributed by atoms with van der Waals surface area (Å²) in [4.78, 5) is 0. The molecule has 0 saturated heterocycles. The Bertz CT molecular complexity index is 483. The van der Waals surface area contributed by atoms with Crippen molar-refractivity contribution in [3.8, 4) is 0 Å². The van der Waals surface area contributed by atoms with Gasteiger partial charge >= 0.3 is 0 Å². The van der Waals surface area contributed by atoms with E-state index in [1.54, 1.807) is 0 Å². The first-order valence-electron chi connectivity index (χ1n) is 5.39. The molecule has 2 aromatic rings. The van der Waals surface area contributed by atoms with Crippen LogP contribution >= 0.6 is 0 Å². The first kappa shape index (κ1) is 10.0. The number of fused-ring (bicyclic) bond motifs is 1. The molecule has 80 valence electrons. The molecule has 1 aromatic heterocycles. The summed E-state index contributed by atoms with van der Waals surface area (Å²) in [5, 5.41) is 5.80. The Balaban J connectivity index is 2.76. The minimum atomic E-state index is 0.432. The fourth-order valence-corrected chi connectivity index (χ4v) is 1.89. The molecule has 0 radical (unpaired) electrons. The maximum absolute atomic E-state index is 5.81. The number of nitrogens with zero attached hydrogens (tertiary/aromatic N) is 2. The quantitative estimate of drug-likeness (QED) is 0.763. The van der Waals surface area contributed by atoms with Crippen LogP contribution in [0.25, 0.3) is 10.9 Å². The van der Waals surface area contributed by atoms with Crippen molar-refractivity contribution in [2.24, 2.45) is 0 Å². The molecule has 0 amide bonds. The highest BCUT2D eigenvalue weighted by molar-refractivity contribution is 5.85. The number of aromatic nitrogens is 2. The first-order valence-corrected chi connectivity index (χ1v) is 5.39. The van der Waals surface area contributed by atoms with Crippen LogP contribution < -0.4 is 5.73 Å². The number of rotatable bonds is 2. The van der Waals surface area contributed by atoms with Crippen molar-refractivity contribution in [3.63, 3.8) is 0 Å². The molecule has 0 unspecified atom stereocenters. The van der Waals surface area contributed by atoms with Gasteiger partial charge < -0.3 is 5.73 Å². The molecule has 1 heterocycles. The second-order valence-corrected chi connectivity index (χ2v) is 4.13. The third-order valence-electron chi connectivity index (χ3n) is 2.65. The molecule has 15 heavy (non-hydrogen) atoms. The average molecular weight is 203 g/mol. The summed E-state index contributed by atoms with van der Waals surface area (Å²) in [7, 11) is 0. The highest BCUT2D eigenvalue weighted by Crippen LogP contribution is 2.26. The maximum atomic E-state index is 5.81. The van der Waals surface area contributed by atoms with Gasteiger partial charge in [0.25, 0.3) is 0 Å². The third kappa shape index (κ3) is 1.58. The summed E-state index contributed by atoms with van der Waals surface area (Å²) in [5.41, 5.74) is 8.93. The van der Waals surface area contributed by atoms with E-state index in [2.05, 4.69) is 25.9 Å². The van der Waals surface area contributed by atoms with Crippen LogP contribution in [0.15, 0.2) is 18.2 Å². The number of hydrogen-bond acceptors (Lipinski definition) is 2. The maximum Gasteiger partial charge on any atom is 0.0729 e. The molecule has 2 rings (SSSR count). The van der Waals surface area contributed by atoms with Crippen molar-refractivity contribution in [2.45, 2.75) is 33.2 Å². The van der Waals surface area contributed by atoms with Gasteiger partial charge in [0, 0.05) is 17.6 Å². The van der Waals surface area contributed by atoms with E-state index in [9.17, 15) is 0 Å². The van der Waals surface area contributed by atoms with Crippen LogP contribution in [0.2, 0.25) is 0 Å². The van der Waals surface area contributed by atoms with E-state index in [-0.39, 0.29) is 0 Å². The van der Waals surface area contributed by atoms with E-state index in [1.165, 1.54) is 10.9 Å². The summed E-state index contributed by atoms with van der Waals surface area (Å²) in [6.45, 7) is 7.32. The van der Waals surface area contributed by atoms with Crippen molar-refractivity contribution in [1.29, 1.82) is 0 Å². The van der Waals surface area contributed by atoms with Crippen molar-refractivity contribution >= 4 is 16.6 Å². The molecule has 0 aliphatic heterocycles. The summed E-state index contributed by atoms with van der Waals surface area (Å²) in [6.07, 6.45) is 0. The highest BCUT2D eigenvalue weighted by atomic mass is 15.3. The Morgan fingerprint density at radius 3 is 2.73 bits per heavy atom. The average Bonchev–Trinajstić information content (AvgIpc) is 2.55. The fraction of sp³-hybridized carbons (Fsp3) is 0.417. The Kier molecular flexibility index (Phi) is 2.39.